The van der Waals surface area contributed by atoms with Crippen LogP contribution in [0.5, 0.6) is 11.5 Å². The molecule has 1 N–H and O–H groups in total. The molecule has 0 saturated heterocycles. The molecule has 160 valence electrons. The largest absolute Gasteiger partial charge is 0.513 e. The van der Waals surface area contributed by atoms with Crippen molar-refractivity contribution in [2.24, 2.45) is 0 Å². The first-order chi connectivity index (χ1) is 15.1. The van der Waals surface area contributed by atoms with Gasteiger partial charge in [0.1, 0.15) is 11.5 Å². The van der Waals surface area contributed by atoms with E-state index >= 15 is 0 Å². The Bertz CT molecular complexity index is 1030. The van der Waals surface area contributed by atoms with E-state index in [1.54, 1.807) is 24.3 Å². The highest BCUT2D eigenvalue weighted by atomic mass is 32.2. The Kier molecular flexibility index (Phi) is 7.03. The molecule has 3 aromatic rings. The zero-order chi connectivity index (χ0) is 21.5. The van der Waals surface area contributed by atoms with E-state index < -0.39 is 18.5 Å². The lowest BCUT2D eigenvalue weighted by Crippen LogP contribution is -2.32. The molecule has 7 heteroatoms. The maximum atomic E-state index is 13.6. The van der Waals surface area contributed by atoms with Gasteiger partial charge in [0.05, 0.1) is 16.0 Å². The van der Waals surface area contributed by atoms with Crippen LogP contribution in [0.1, 0.15) is 12.8 Å². The molecule has 5 nitrogen and oxygen atoms in total. The smallest absolute Gasteiger partial charge is 0.405 e. The molecule has 0 radical (unpaired) electrons. The molecule has 4 rings (SSSR count). The molecule has 0 saturated carbocycles. The molecule has 0 aliphatic heterocycles. The second kappa shape index (κ2) is 10.1. The molecular weight excluding hydrogens is 429 g/mol. The summed E-state index contributed by atoms with van der Waals surface area (Å²) in [7, 11) is -4.83. The van der Waals surface area contributed by atoms with E-state index in [9.17, 15) is 8.77 Å². The van der Waals surface area contributed by atoms with Gasteiger partial charge in [-0.05, 0) is 49.2 Å². The highest BCUT2D eigenvalue weighted by molar-refractivity contribution is 7.85. The average Bonchev–Trinajstić information content (AvgIpc) is 2.81. The fourth-order valence-electron chi connectivity index (χ4n) is 3.32. The lowest BCUT2D eigenvalue weighted by atomic mass is 10.0. The van der Waals surface area contributed by atoms with Gasteiger partial charge in [-0.3, -0.25) is 4.21 Å². The number of benzene rings is 3. The number of para-hydroxylation sites is 2. The van der Waals surface area contributed by atoms with Crippen molar-refractivity contribution in [1.82, 2.24) is 5.09 Å². The highest BCUT2D eigenvalue weighted by Crippen LogP contribution is 2.46. The van der Waals surface area contributed by atoms with E-state index in [1.807, 2.05) is 78.9 Å². The molecule has 0 aromatic heterocycles. The van der Waals surface area contributed by atoms with E-state index in [1.165, 1.54) is 0 Å². The standard InChI is InChI=1S/C24H24NO4PS/c26-30(28-21-10-4-1-5-11-21,29-22-12-6-2-7-13-22)25-20-16-18-24(19-17-20)31(27)23-14-8-3-9-15-23/h1-16,18,20,24H,17,19H2,(H,25,26)/t20-,24+,31+/m0/s1. The van der Waals surface area contributed by atoms with Crippen molar-refractivity contribution in [3.05, 3.63) is 103 Å². The predicted molar refractivity (Wildman–Crippen MR) is 124 cm³/mol. The first kappa shape index (κ1) is 21.6. The number of rotatable bonds is 8. The molecule has 0 fully saturated rings. The lowest BCUT2D eigenvalue weighted by Gasteiger charge is -2.27. The maximum absolute atomic E-state index is 13.6. The van der Waals surface area contributed by atoms with E-state index in [2.05, 4.69) is 5.09 Å². The van der Waals surface area contributed by atoms with Crippen LogP contribution in [0.3, 0.4) is 0 Å². The van der Waals surface area contributed by atoms with Crippen molar-refractivity contribution >= 4 is 18.5 Å². The summed E-state index contributed by atoms with van der Waals surface area (Å²) in [5.74, 6) is 0.911. The zero-order valence-corrected chi connectivity index (χ0v) is 18.6. The molecule has 0 unspecified atom stereocenters. The van der Waals surface area contributed by atoms with Crippen LogP contribution in [0.2, 0.25) is 0 Å². The summed E-state index contributed by atoms with van der Waals surface area (Å²) < 4.78 is 38.0. The van der Waals surface area contributed by atoms with Gasteiger partial charge in [-0.2, -0.15) is 5.09 Å². The van der Waals surface area contributed by atoms with Gasteiger partial charge in [-0.25, -0.2) is 4.57 Å². The van der Waals surface area contributed by atoms with E-state index in [0.29, 0.717) is 24.3 Å². The fraction of sp³-hybridized carbons (Fsp3) is 0.167. The molecule has 1 aliphatic carbocycles. The van der Waals surface area contributed by atoms with Crippen molar-refractivity contribution in [3.63, 3.8) is 0 Å². The summed E-state index contributed by atoms with van der Waals surface area (Å²) in [5, 5.41) is 2.98. The molecule has 3 atom stereocenters. The van der Waals surface area contributed by atoms with Gasteiger partial charge in [0, 0.05) is 10.9 Å². The average molecular weight is 454 g/mol. The molecule has 0 spiro atoms. The Morgan fingerprint density at radius 1 is 0.742 bits per heavy atom. The van der Waals surface area contributed by atoms with Crippen LogP contribution in [0.4, 0.5) is 0 Å². The van der Waals surface area contributed by atoms with Crippen molar-refractivity contribution in [2.45, 2.75) is 29.0 Å². The van der Waals surface area contributed by atoms with Crippen LogP contribution in [0.25, 0.3) is 0 Å². The molecule has 0 heterocycles. The van der Waals surface area contributed by atoms with Crippen LogP contribution in [0, 0.1) is 0 Å². The summed E-state index contributed by atoms with van der Waals surface area (Å²) in [5.41, 5.74) is 0. The van der Waals surface area contributed by atoms with Crippen molar-refractivity contribution in [3.8, 4) is 11.5 Å². The summed E-state index contributed by atoms with van der Waals surface area (Å²) in [4.78, 5) is 0.814. The topological polar surface area (TPSA) is 64.6 Å². The Balaban J connectivity index is 1.48. The van der Waals surface area contributed by atoms with Crippen LogP contribution < -0.4 is 14.1 Å². The highest BCUT2D eigenvalue weighted by Gasteiger charge is 2.33. The van der Waals surface area contributed by atoms with Gasteiger partial charge in [-0.1, -0.05) is 66.7 Å². The summed E-state index contributed by atoms with van der Waals surface area (Å²) in [6, 6.07) is 27.1. The number of hydrogen-bond acceptors (Lipinski definition) is 4. The Morgan fingerprint density at radius 2 is 1.26 bits per heavy atom. The third-order valence-electron chi connectivity index (χ3n) is 4.83. The van der Waals surface area contributed by atoms with Gasteiger partial charge in [0.15, 0.2) is 0 Å². The van der Waals surface area contributed by atoms with Gasteiger partial charge in [0.25, 0.3) is 0 Å². The van der Waals surface area contributed by atoms with Crippen molar-refractivity contribution in [1.29, 1.82) is 0 Å². The molecule has 1 aliphatic rings. The molecule has 0 amide bonds. The third-order valence-corrected chi connectivity index (χ3v) is 8.06. The summed E-state index contributed by atoms with van der Waals surface area (Å²) >= 11 is 0. The Morgan fingerprint density at radius 3 is 1.74 bits per heavy atom. The number of nitrogens with one attached hydrogen (secondary N) is 1. The minimum atomic E-state index is -3.71. The molecule has 31 heavy (non-hydrogen) atoms. The first-order valence-electron chi connectivity index (χ1n) is 10.1. The first-order valence-corrected chi connectivity index (χ1v) is 12.9. The van der Waals surface area contributed by atoms with Gasteiger partial charge >= 0.3 is 7.75 Å². The molecule has 0 bridgehead atoms. The van der Waals surface area contributed by atoms with Crippen LogP contribution in [-0.4, -0.2) is 15.5 Å². The second-order valence-electron chi connectivity index (χ2n) is 7.15. The Labute approximate surface area is 185 Å². The quantitative estimate of drug-likeness (QED) is 0.348. The third kappa shape index (κ3) is 5.95. The second-order valence-corrected chi connectivity index (χ2v) is 10.4. The zero-order valence-electron chi connectivity index (χ0n) is 16.9. The normalized spacial score (nSPS) is 19.5. The Hall–Kier alpha value is -2.66. The summed E-state index contributed by atoms with van der Waals surface area (Å²) in [6.45, 7) is 0. The van der Waals surface area contributed by atoms with Gasteiger partial charge in [-0.15, -0.1) is 0 Å². The monoisotopic (exact) mass is 453 g/mol. The number of hydrogen-bond donors (Lipinski definition) is 1. The minimum absolute atomic E-state index is 0.0788. The SMILES string of the molecule is O=[S@](c1ccccc1)[C@@H]1C=C[C@H](NP(=O)(Oc2ccccc2)Oc2ccccc2)CC1. The van der Waals surface area contributed by atoms with Crippen LogP contribution >= 0.6 is 7.75 Å². The van der Waals surface area contributed by atoms with Gasteiger partial charge in [0.2, 0.25) is 0 Å². The predicted octanol–water partition coefficient (Wildman–Crippen LogP) is 5.74. The van der Waals surface area contributed by atoms with E-state index in [0.717, 1.165) is 4.90 Å². The molecule has 3 aromatic carbocycles. The van der Waals surface area contributed by atoms with Crippen molar-refractivity contribution < 1.29 is 17.8 Å². The summed E-state index contributed by atoms with van der Waals surface area (Å²) in [6.07, 6.45) is 5.20. The molecular formula is C24H24NO4PS. The lowest BCUT2D eigenvalue weighted by molar-refractivity contribution is 0.362. The minimum Gasteiger partial charge on any atom is -0.405 e. The van der Waals surface area contributed by atoms with Gasteiger partial charge < -0.3 is 9.05 Å². The van der Waals surface area contributed by atoms with E-state index in [-0.39, 0.29) is 11.3 Å². The van der Waals surface area contributed by atoms with E-state index in [4.69, 9.17) is 9.05 Å². The van der Waals surface area contributed by atoms with Crippen molar-refractivity contribution in [2.75, 3.05) is 0 Å². The fourth-order valence-corrected chi connectivity index (χ4v) is 6.25. The van der Waals surface area contributed by atoms with Crippen LogP contribution in [0.15, 0.2) is 108 Å². The van der Waals surface area contributed by atoms with Crippen LogP contribution in [-0.2, 0) is 15.4 Å². The maximum Gasteiger partial charge on any atom is 0.513 e.